The summed E-state index contributed by atoms with van der Waals surface area (Å²) in [6.45, 7) is 6.66. The molecule has 1 aromatic rings. The average Bonchev–Trinajstić information content (AvgIpc) is 2.59. The molecule has 19 heavy (non-hydrogen) atoms. The van der Waals surface area contributed by atoms with Gasteiger partial charge in [0.15, 0.2) is 0 Å². The zero-order valence-corrected chi connectivity index (χ0v) is 12.3. The van der Waals surface area contributed by atoms with Crippen LogP contribution >= 0.6 is 0 Å². The molecule has 1 aromatic heterocycles. The summed E-state index contributed by atoms with van der Waals surface area (Å²) in [6.07, 6.45) is 6.60. The minimum atomic E-state index is -0.538. The lowest BCUT2D eigenvalue weighted by Gasteiger charge is -2.28. The Morgan fingerprint density at radius 1 is 1.26 bits per heavy atom. The van der Waals surface area contributed by atoms with Gasteiger partial charge in [-0.15, -0.1) is 0 Å². The van der Waals surface area contributed by atoms with Gasteiger partial charge < -0.3 is 14.9 Å². The van der Waals surface area contributed by atoms with Crippen LogP contribution in [0, 0.1) is 13.8 Å². The smallest absolute Gasteiger partial charge is 0.138 e. The lowest BCUT2D eigenvalue weighted by atomic mass is 9.94. The first-order valence-electron chi connectivity index (χ1n) is 7.40. The van der Waals surface area contributed by atoms with Gasteiger partial charge in [0.25, 0.3) is 0 Å². The molecule has 0 amide bonds. The fourth-order valence-electron chi connectivity index (χ4n) is 3.12. The molecule has 0 saturated heterocycles. The SMILES string of the molecule is Cc1noc(C)c1C(C)NCC1(O)CCCCCC1. The minimum absolute atomic E-state index is 0.165. The van der Waals surface area contributed by atoms with Crippen LogP contribution in [0.4, 0.5) is 0 Å². The van der Waals surface area contributed by atoms with Crippen molar-refractivity contribution in [1.29, 1.82) is 0 Å². The van der Waals surface area contributed by atoms with Gasteiger partial charge in [0.1, 0.15) is 5.76 Å². The molecule has 1 saturated carbocycles. The third-order valence-electron chi connectivity index (χ3n) is 4.29. The van der Waals surface area contributed by atoms with Gasteiger partial charge in [-0.25, -0.2) is 0 Å². The van der Waals surface area contributed by atoms with E-state index in [1.165, 1.54) is 12.8 Å². The number of nitrogens with one attached hydrogen (secondary N) is 1. The molecule has 1 unspecified atom stereocenters. The molecule has 0 aromatic carbocycles. The predicted octanol–water partition coefficient (Wildman–Crippen LogP) is 3.03. The van der Waals surface area contributed by atoms with Crippen LogP contribution in [0.1, 0.15) is 68.5 Å². The van der Waals surface area contributed by atoms with E-state index in [2.05, 4.69) is 17.4 Å². The Morgan fingerprint density at radius 3 is 2.42 bits per heavy atom. The van der Waals surface area contributed by atoms with E-state index in [1.807, 2.05) is 13.8 Å². The van der Waals surface area contributed by atoms with E-state index in [9.17, 15) is 5.11 Å². The topological polar surface area (TPSA) is 58.3 Å². The van der Waals surface area contributed by atoms with Crippen molar-refractivity contribution in [2.45, 2.75) is 70.9 Å². The van der Waals surface area contributed by atoms with Crippen molar-refractivity contribution in [2.75, 3.05) is 6.54 Å². The normalized spacial score (nSPS) is 21.1. The Morgan fingerprint density at radius 2 is 1.89 bits per heavy atom. The molecule has 4 nitrogen and oxygen atoms in total. The van der Waals surface area contributed by atoms with Crippen LogP contribution in [-0.4, -0.2) is 22.4 Å². The monoisotopic (exact) mass is 266 g/mol. The van der Waals surface area contributed by atoms with Crippen LogP contribution in [0.25, 0.3) is 0 Å². The number of hydrogen-bond acceptors (Lipinski definition) is 4. The van der Waals surface area contributed by atoms with Gasteiger partial charge in [-0.1, -0.05) is 30.8 Å². The molecule has 108 valence electrons. The van der Waals surface area contributed by atoms with Crippen molar-refractivity contribution < 1.29 is 9.63 Å². The Labute approximate surface area is 115 Å². The second-order valence-electron chi connectivity index (χ2n) is 5.98. The molecule has 0 radical (unpaired) electrons. The molecule has 0 aliphatic heterocycles. The molecule has 4 heteroatoms. The Hall–Kier alpha value is -0.870. The van der Waals surface area contributed by atoms with Crippen molar-refractivity contribution in [1.82, 2.24) is 10.5 Å². The molecule has 2 N–H and O–H groups in total. The van der Waals surface area contributed by atoms with Crippen LogP contribution < -0.4 is 5.32 Å². The van der Waals surface area contributed by atoms with Gasteiger partial charge in [-0.2, -0.15) is 0 Å². The Bertz CT molecular complexity index is 387. The summed E-state index contributed by atoms with van der Waals surface area (Å²) >= 11 is 0. The van der Waals surface area contributed by atoms with E-state index < -0.39 is 5.60 Å². The van der Waals surface area contributed by atoms with Crippen molar-refractivity contribution in [2.24, 2.45) is 0 Å². The van der Waals surface area contributed by atoms with Crippen molar-refractivity contribution in [3.05, 3.63) is 17.0 Å². The fraction of sp³-hybridized carbons (Fsp3) is 0.800. The van der Waals surface area contributed by atoms with Crippen LogP contribution in [-0.2, 0) is 0 Å². The molecular weight excluding hydrogens is 240 g/mol. The van der Waals surface area contributed by atoms with Gasteiger partial charge >= 0.3 is 0 Å². The van der Waals surface area contributed by atoms with Crippen LogP contribution in [0.3, 0.4) is 0 Å². The van der Waals surface area contributed by atoms with Crippen LogP contribution in [0.15, 0.2) is 4.52 Å². The van der Waals surface area contributed by atoms with Gasteiger partial charge in [-0.05, 0) is 33.6 Å². The molecule has 0 bridgehead atoms. The van der Waals surface area contributed by atoms with E-state index in [1.54, 1.807) is 0 Å². The summed E-state index contributed by atoms with van der Waals surface area (Å²) in [5.74, 6) is 0.866. The third kappa shape index (κ3) is 3.57. The summed E-state index contributed by atoms with van der Waals surface area (Å²) in [5.41, 5.74) is 1.52. The highest BCUT2D eigenvalue weighted by Gasteiger charge is 2.28. The van der Waals surface area contributed by atoms with E-state index in [0.29, 0.717) is 6.54 Å². The summed E-state index contributed by atoms with van der Waals surface area (Å²) in [7, 11) is 0. The first-order chi connectivity index (χ1) is 9.02. The minimum Gasteiger partial charge on any atom is -0.389 e. The number of rotatable bonds is 4. The lowest BCUT2D eigenvalue weighted by molar-refractivity contribution is 0.0231. The molecule has 1 heterocycles. The molecule has 1 atom stereocenters. The maximum Gasteiger partial charge on any atom is 0.138 e. The number of hydrogen-bond donors (Lipinski definition) is 2. The number of aromatic nitrogens is 1. The quantitative estimate of drug-likeness (QED) is 0.822. The summed E-state index contributed by atoms with van der Waals surface area (Å²) in [4.78, 5) is 0. The zero-order chi connectivity index (χ0) is 13.9. The number of nitrogens with zero attached hydrogens (tertiary/aromatic N) is 1. The molecule has 0 spiro atoms. The molecular formula is C15H26N2O2. The number of aliphatic hydroxyl groups is 1. The Balaban J connectivity index is 1.94. The highest BCUT2D eigenvalue weighted by Crippen LogP contribution is 2.28. The highest BCUT2D eigenvalue weighted by molar-refractivity contribution is 5.24. The van der Waals surface area contributed by atoms with Gasteiger partial charge in [0.05, 0.1) is 11.3 Å². The summed E-state index contributed by atoms with van der Waals surface area (Å²) in [6, 6.07) is 0.165. The standard InChI is InChI=1S/C15H26N2O2/c1-11(14-12(2)17-19-13(14)3)16-10-15(18)8-6-4-5-7-9-15/h11,16,18H,4-10H2,1-3H3. The lowest BCUT2D eigenvalue weighted by Crippen LogP contribution is -2.41. The van der Waals surface area contributed by atoms with Crippen molar-refractivity contribution >= 4 is 0 Å². The maximum atomic E-state index is 10.6. The maximum absolute atomic E-state index is 10.6. The van der Waals surface area contributed by atoms with E-state index in [-0.39, 0.29) is 6.04 Å². The second kappa shape index (κ2) is 6.06. The first-order valence-corrected chi connectivity index (χ1v) is 7.40. The fourth-order valence-corrected chi connectivity index (χ4v) is 3.12. The number of aryl methyl sites for hydroxylation is 2. The van der Waals surface area contributed by atoms with Gasteiger partial charge in [0, 0.05) is 18.2 Å². The second-order valence-corrected chi connectivity index (χ2v) is 5.98. The highest BCUT2D eigenvalue weighted by atomic mass is 16.5. The molecule has 2 rings (SSSR count). The molecule has 1 fully saturated rings. The molecule has 1 aliphatic rings. The average molecular weight is 266 g/mol. The van der Waals surface area contributed by atoms with Crippen molar-refractivity contribution in [3.8, 4) is 0 Å². The van der Waals surface area contributed by atoms with Crippen LogP contribution in [0.2, 0.25) is 0 Å². The molecule has 1 aliphatic carbocycles. The zero-order valence-electron chi connectivity index (χ0n) is 12.3. The Kier molecular flexibility index (Phi) is 4.63. The third-order valence-corrected chi connectivity index (χ3v) is 4.29. The predicted molar refractivity (Wildman–Crippen MR) is 75.0 cm³/mol. The van der Waals surface area contributed by atoms with E-state index in [0.717, 1.165) is 42.7 Å². The summed E-state index contributed by atoms with van der Waals surface area (Å²) < 4.78 is 5.20. The van der Waals surface area contributed by atoms with Crippen LogP contribution in [0.5, 0.6) is 0 Å². The van der Waals surface area contributed by atoms with Gasteiger partial charge in [0.2, 0.25) is 0 Å². The summed E-state index contributed by atoms with van der Waals surface area (Å²) in [5, 5.41) is 18.1. The first kappa shape index (κ1) is 14.5. The van der Waals surface area contributed by atoms with E-state index in [4.69, 9.17) is 4.52 Å². The largest absolute Gasteiger partial charge is 0.389 e. The van der Waals surface area contributed by atoms with Crippen molar-refractivity contribution in [3.63, 3.8) is 0 Å². The van der Waals surface area contributed by atoms with Gasteiger partial charge in [-0.3, -0.25) is 0 Å². The van der Waals surface area contributed by atoms with E-state index >= 15 is 0 Å².